The van der Waals surface area contributed by atoms with E-state index in [0.717, 1.165) is 0 Å². The molecule has 0 atom stereocenters. The molecule has 1 heterocycles. The minimum absolute atomic E-state index is 0.373. The number of rotatable bonds is 6. The lowest BCUT2D eigenvalue weighted by molar-refractivity contribution is -0.307. The molecule has 1 amide bonds. The average molecular weight is 312 g/mol. The van der Waals surface area contributed by atoms with Gasteiger partial charge in [0.15, 0.2) is 0 Å². The van der Waals surface area contributed by atoms with E-state index in [-0.39, 0.29) is 5.91 Å². The van der Waals surface area contributed by atoms with Crippen LogP contribution >= 0.6 is 0 Å². The molecule has 2 aromatic rings. The minimum Gasteiger partial charge on any atom is -0.546 e. The number of carboxylic acids is 1. The van der Waals surface area contributed by atoms with E-state index in [1.807, 2.05) is 0 Å². The Morgan fingerprint density at radius 1 is 1.26 bits per heavy atom. The smallest absolute Gasteiger partial charge is 0.272 e. The number of aliphatic carboxylic acids is 1. The molecule has 7 nitrogen and oxygen atoms in total. The molecule has 0 saturated heterocycles. The summed E-state index contributed by atoms with van der Waals surface area (Å²) in [6, 6.07) is 9.99. The van der Waals surface area contributed by atoms with E-state index in [0.29, 0.717) is 22.6 Å². The average Bonchev–Trinajstić information content (AvgIpc) is 2.58. The van der Waals surface area contributed by atoms with Gasteiger partial charge in [-0.2, -0.15) is 5.10 Å². The van der Waals surface area contributed by atoms with Crippen LogP contribution in [0.1, 0.15) is 22.8 Å². The van der Waals surface area contributed by atoms with Crippen molar-refractivity contribution in [3.8, 4) is 5.75 Å². The summed E-state index contributed by atoms with van der Waals surface area (Å²) < 4.78 is 5.04. The number of benzene rings is 1. The number of hydrogen-bond donors (Lipinski definition) is 1. The second-order valence-electron chi connectivity index (χ2n) is 4.57. The van der Waals surface area contributed by atoms with E-state index >= 15 is 0 Å². The van der Waals surface area contributed by atoms with Gasteiger partial charge in [0.1, 0.15) is 12.4 Å². The molecule has 1 N–H and O–H groups in total. The zero-order chi connectivity index (χ0) is 16.7. The molecule has 7 heteroatoms. The normalized spacial score (nSPS) is 10.9. The Morgan fingerprint density at radius 3 is 2.74 bits per heavy atom. The standard InChI is InChI=1S/C16H15N3O4/c1-11(18-19-16(22)13-5-3-7-17-9-13)12-4-2-6-14(8-12)23-10-15(20)21/h2-9H,10H2,1H3,(H,19,22)(H,20,21)/p-1/b18-11-. The molecule has 1 aromatic heterocycles. The first-order valence-electron chi connectivity index (χ1n) is 6.74. The van der Waals surface area contributed by atoms with Gasteiger partial charge >= 0.3 is 0 Å². The molecule has 2 rings (SSSR count). The highest BCUT2D eigenvalue weighted by molar-refractivity contribution is 6.01. The highest BCUT2D eigenvalue weighted by atomic mass is 16.5. The molecule has 0 spiro atoms. The van der Waals surface area contributed by atoms with Crippen LogP contribution in [-0.2, 0) is 4.79 Å². The zero-order valence-electron chi connectivity index (χ0n) is 12.4. The third kappa shape index (κ3) is 4.92. The number of carbonyl (C=O) groups is 2. The number of nitrogens with one attached hydrogen (secondary N) is 1. The van der Waals surface area contributed by atoms with Gasteiger partial charge in [0.25, 0.3) is 5.91 Å². The van der Waals surface area contributed by atoms with Gasteiger partial charge in [0.2, 0.25) is 0 Å². The predicted molar refractivity (Wildman–Crippen MR) is 80.9 cm³/mol. The van der Waals surface area contributed by atoms with Crippen LogP contribution in [0.5, 0.6) is 5.75 Å². The second-order valence-corrected chi connectivity index (χ2v) is 4.57. The molecule has 0 bridgehead atoms. The van der Waals surface area contributed by atoms with Crippen LogP contribution in [-0.4, -0.2) is 29.2 Å². The van der Waals surface area contributed by atoms with Crippen molar-refractivity contribution in [3.05, 3.63) is 59.9 Å². The lowest BCUT2D eigenvalue weighted by atomic mass is 10.1. The van der Waals surface area contributed by atoms with Gasteiger partial charge in [0, 0.05) is 18.0 Å². The first-order valence-corrected chi connectivity index (χ1v) is 6.74. The van der Waals surface area contributed by atoms with Crippen LogP contribution in [0.2, 0.25) is 0 Å². The van der Waals surface area contributed by atoms with E-state index in [2.05, 4.69) is 15.5 Å². The summed E-state index contributed by atoms with van der Waals surface area (Å²) in [7, 11) is 0. The van der Waals surface area contributed by atoms with Gasteiger partial charge in [-0.15, -0.1) is 0 Å². The summed E-state index contributed by atoms with van der Waals surface area (Å²) in [5.41, 5.74) is 4.06. The summed E-state index contributed by atoms with van der Waals surface area (Å²) in [6.45, 7) is 1.18. The topological polar surface area (TPSA) is 104 Å². The maximum absolute atomic E-state index is 11.9. The lowest BCUT2D eigenvalue weighted by Gasteiger charge is -2.08. The maximum atomic E-state index is 11.9. The van der Waals surface area contributed by atoms with Crippen molar-refractivity contribution in [2.45, 2.75) is 6.92 Å². The van der Waals surface area contributed by atoms with Crippen molar-refractivity contribution in [2.24, 2.45) is 5.10 Å². The summed E-state index contributed by atoms with van der Waals surface area (Å²) in [4.78, 5) is 26.1. The quantitative estimate of drug-likeness (QED) is 0.613. The van der Waals surface area contributed by atoms with E-state index in [4.69, 9.17) is 4.74 Å². The molecule has 0 radical (unpaired) electrons. The summed E-state index contributed by atoms with van der Waals surface area (Å²) in [6.07, 6.45) is 3.01. The third-order valence-electron chi connectivity index (χ3n) is 2.86. The Hall–Kier alpha value is -3.22. The van der Waals surface area contributed by atoms with Crippen molar-refractivity contribution in [1.82, 2.24) is 10.4 Å². The summed E-state index contributed by atoms with van der Waals surface area (Å²) >= 11 is 0. The van der Waals surface area contributed by atoms with Crippen molar-refractivity contribution in [3.63, 3.8) is 0 Å². The number of ether oxygens (including phenoxy) is 1. The minimum atomic E-state index is -1.30. The number of hydrazone groups is 1. The first kappa shape index (κ1) is 16.2. The van der Waals surface area contributed by atoms with Crippen LogP contribution in [0.3, 0.4) is 0 Å². The van der Waals surface area contributed by atoms with E-state index < -0.39 is 12.6 Å². The molecule has 118 valence electrons. The van der Waals surface area contributed by atoms with E-state index in [1.54, 1.807) is 49.5 Å². The summed E-state index contributed by atoms with van der Waals surface area (Å²) in [5.74, 6) is -1.30. The lowest BCUT2D eigenvalue weighted by Crippen LogP contribution is -2.28. The van der Waals surface area contributed by atoms with Crippen molar-refractivity contribution in [1.29, 1.82) is 0 Å². The fourth-order valence-electron chi connectivity index (χ4n) is 1.71. The molecule has 1 aromatic carbocycles. The fourth-order valence-corrected chi connectivity index (χ4v) is 1.71. The van der Waals surface area contributed by atoms with Gasteiger partial charge in [-0.05, 0) is 31.2 Å². The highest BCUT2D eigenvalue weighted by Gasteiger charge is 2.05. The van der Waals surface area contributed by atoms with Gasteiger partial charge in [0.05, 0.1) is 17.2 Å². The zero-order valence-corrected chi connectivity index (χ0v) is 12.4. The Bertz CT molecular complexity index is 729. The predicted octanol–water partition coefficient (Wildman–Crippen LogP) is 0.364. The Labute approximate surface area is 132 Å². The van der Waals surface area contributed by atoms with Gasteiger partial charge in [-0.3, -0.25) is 9.78 Å². The number of carbonyl (C=O) groups excluding carboxylic acids is 2. The van der Waals surface area contributed by atoms with Crippen LogP contribution in [0.25, 0.3) is 0 Å². The Kier molecular flexibility index (Phi) is 5.40. The molecule has 0 unspecified atom stereocenters. The molecule has 0 saturated carbocycles. The van der Waals surface area contributed by atoms with Crippen molar-refractivity contribution in [2.75, 3.05) is 6.61 Å². The number of aromatic nitrogens is 1. The SMILES string of the molecule is C/C(=N/NC(=O)c1cccnc1)c1cccc(OCC(=O)[O-])c1. The number of hydrogen-bond acceptors (Lipinski definition) is 6. The Morgan fingerprint density at radius 2 is 2.04 bits per heavy atom. The van der Waals surface area contributed by atoms with Crippen LogP contribution in [0.4, 0.5) is 0 Å². The van der Waals surface area contributed by atoms with Crippen LogP contribution in [0.15, 0.2) is 53.9 Å². The first-order chi connectivity index (χ1) is 11.1. The summed E-state index contributed by atoms with van der Waals surface area (Å²) in [5, 5.41) is 14.4. The number of amides is 1. The molecular formula is C16H14N3O4-. The largest absolute Gasteiger partial charge is 0.546 e. The molecule has 0 fully saturated rings. The molecule has 23 heavy (non-hydrogen) atoms. The molecule has 0 aliphatic heterocycles. The Balaban J connectivity index is 2.04. The maximum Gasteiger partial charge on any atom is 0.272 e. The van der Waals surface area contributed by atoms with Crippen LogP contribution in [0, 0.1) is 0 Å². The van der Waals surface area contributed by atoms with Crippen LogP contribution < -0.4 is 15.3 Å². The van der Waals surface area contributed by atoms with Crippen molar-refractivity contribution >= 4 is 17.6 Å². The van der Waals surface area contributed by atoms with E-state index in [9.17, 15) is 14.7 Å². The molecular weight excluding hydrogens is 298 g/mol. The van der Waals surface area contributed by atoms with Gasteiger partial charge in [-0.1, -0.05) is 12.1 Å². The highest BCUT2D eigenvalue weighted by Crippen LogP contribution is 2.14. The third-order valence-corrected chi connectivity index (χ3v) is 2.86. The van der Waals surface area contributed by atoms with E-state index in [1.165, 1.54) is 6.20 Å². The van der Waals surface area contributed by atoms with Crippen molar-refractivity contribution < 1.29 is 19.4 Å². The van der Waals surface area contributed by atoms with Gasteiger partial charge < -0.3 is 14.6 Å². The number of pyridine rings is 1. The number of nitrogens with zero attached hydrogens (tertiary/aromatic N) is 2. The molecule has 0 aliphatic rings. The number of carboxylic acid groups (broad SMARTS) is 1. The fraction of sp³-hybridized carbons (Fsp3) is 0.125. The second kappa shape index (κ2) is 7.69. The molecule has 0 aliphatic carbocycles. The monoisotopic (exact) mass is 312 g/mol. The van der Waals surface area contributed by atoms with Gasteiger partial charge in [-0.25, -0.2) is 5.43 Å².